The van der Waals surface area contributed by atoms with E-state index in [2.05, 4.69) is 44.3 Å². The zero-order valence-electron chi connectivity index (χ0n) is 12.3. The Morgan fingerprint density at radius 3 is 2.68 bits per heavy atom. The summed E-state index contributed by atoms with van der Waals surface area (Å²) in [6, 6.07) is 2.15. The van der Waals surface area contributed by atoms with Crippen molar-refractivity contribution >= 4 is 0 Å². The molecular formula is C14H26N4O. The van der Waals surface area contributed by atoms with Gasteiger partial charge in [-0.15, -0.1) is 0 Å². The molecule has 19 heavy (non-hydrogen) atoms. The van der Waals surface area contributed by atoms with Crippen LogP contribution in [0.2, 0.25) is 0 Å². The minimum atomic E-state index is 0.0870. The first-order valence-corrected chi connectivity index (χ1v) is 7.23. The Morgan fingerprint density at radius 2 is 2.16 bits per heavy atom. The smallest absolute Gasteiger partial charge is 0.0685 e. The molecule has 5 unspecified atom stereocenters. The van der Waals surface area contributed by atoms with Crippen molar-refractivity contribution in [2.24, 2.45) is 17.7 Å². The summed E-state index contributed by atoms with van der Waals surface area (Å²) >= 11 is 0. The van der Waals surface area contributed by atoms with Gasteiger partial charge in [-0.1, -0.05) is 13.8 Å². The van der Waals surface area contributed by atoms with Crippen molar-refractivity contribution in [2.45, 2.75) is 58.9 Å². The van der Waals surface area contributed by atoms with Crippen LogP contribution >= 0.6 is 0 Å². The predicted molar refractivity (Wildman–Crippen MR) is 75.2 cm³/mol. The van der Waals surface area contributed by atoms with Crippen LogP contribution in [-0.4, -0.2) is 22.0 Å². The van der Waals surface area contributed by atoms with Gasteiger partial charge < -0.3 is 4.74 Å². The van der Waals surface area contributed by atoms with Crippen LogP contribution in [-0.2, 0) is 11.3 Å². The Hall–Kier alpha value is -0.910. The molecule has 0 saturated carbocycles. The van der Waals surface area contributed by atoms with E-state index in [4.69, 9.17) is 10.6 Å². The maximum Gasteiger partial charge on any atom is 0.0685 e. The van der Waals surface area contributed by atoms with E-state index in [1.54, 1.807) is 0 Å². The van der Waals surface area contributed by atoms with Gasteiger partial charge in [-0.3, -0.25) is 16.0 Å². The molecule has 1 aromatic rings. The van der Waals surface area contributed by atoms with Gasteiger partial charge in [0.2, 0.25) is 0 Å². The van der Waals surface area contributed by atoms with Gasteiger partial charge in [-0.05, 0) is 32.3 Å². The lowest BCUT2D eigenvalue weighted by atomic mass is 9.82. The molecule has 0 radical (unpaired) electrons. The summed E-state index contributed by atoms with van der Waals surface area (Å²) in [6.45, 7) is 9.59. The fourth-order valence-electron chi connectivity index (χ4n) is 3.27. The molecule has 1 saturated heterocycles. The number of nitrogens with two attached hydrogens (primary N) is 1. The molecule has 2 rings (SSSR count). The van der Waals surface area contributed by atoms with E-state index in [-0.39, 0.29) is 18.2 Å². The molecule has 108 valence electrons. The van der Waals surface area contributed by atoms with E-state index in [0.717, 1.165) is 18.7 Å². The summed E-state index contributed by atoms with van der Waals surface area (Å²) < 4.78 is 7.99. The number of nitrogens with one attached hydrogen (secondary N) is 1. The Bertz CT molecular complexity index is 406. The zero-order chi connectivity index (χ0) is 14.0. The Balaban J connectivity index is 2.26. The number of hydrogen-bond donors (Lipinski definition) is 2. The molecule has 1 aliphatic heterocycles. The van der Waals surface area contributed by atoms with Gasteiger partial charge in [0.15, 0.2) is 0 Å². The lowest BCUT2D eigenvalue weighted by Crippen LogP contribution is -2.39. The second-order valence-electron chi connectivity index (χ2n) is 5.61. The minimum Gasteiger partial charge on any atom is -0.375 e. The maximum atomic E-state index is 5.94. The predicted octanol–water partition coefficient (Wildman–Crippen LogP) is 1.86. The summed E-state index contributed by atoms with van der Waals surface area (Å²) in [5.74, 6) is 6.67. The molecule has 1 aromatic heterocycles. The van der Waals surface area contributed by atoms with Gasteiger partial charge in [-0.2, -0.15) is 5.10 Å². The standard InChI is InChI=1S/C14H26N4O/c1-5-8-18-12(6-7-16-18)14(17-15)13-9(2)10(3)19-11(13)4/h6-7,9-11,13-14,17H,5,8,15H2,1-4H3. The number of rotatable bonds is 5. The normalized spacial score (nSPS) is 32.7. The molecule has 0 amide bonds. The van der Waals surface area contributed by atoms with Crippen molar-refractivity contribution in [3.8, 4) is 0 Å². The summed E-state index contributed by atoms with van der Waals surface area (Å²) in [7, 11) is 0. The second kappa shape index (κ2) is 6.03. The van der Waals surface area contributed by atoms with Gasteiger partial charge in [0.1, 0.15) is 0 Å². The summed E-state index contributed by atoms with van der Waals surface area (Å²) in [4.78, 5) is 0. The van der Waals surface area contributed by atoms with Gasteiger partial charge >= 0.3 is 0 Å². The van der Waals surface area contributed by atoms with Gasteiger partial charge in [-0.25, -0.2) is 0 Å². The molecule has 0 bridgehead atoms. The number of aromatic nitrogens is 2. The van der Waals surface area contributed by atoms with Crippen LogP contribution in [0.4, 0.5) is 0 Å². The van der Waals surface area contributed by atoms with Crippen LogP contribution < -0.4 is 11.3 Å². The second-order valence-corrected chi connectivity index (χ2v) is 5.61. The van der Waals surface area contributed by atoms with E-state index < -0.39 is 0 Å². The van der Waals surface area contributed by atoms with E-state index in [0.29, 0.717) is 11.8 Å². The zero-order valence-corrected chi connectivity index (χ0v) is 12.3. The number of hydrogen-bond acceptors (Lipinski definition) is 4. The average molecular weight is 266 g/mol. The third-order valence-electron chi connectivity index (χ3n) is 4.39. The average Bonchev–Trinajstić information content (AvgIpc) is 2.91. The minimum absolute atomic E-state index is 0.0870. The fourth-order valence-corrected chi connectivity index (χ4v) is 3.27. The highest BCUT2D eigenvalue weighted by Crippen LogP contribution is 2.40. The summed E-state index contributed by atoms with van der Waals surface area (Å²) in [6.07, 6.45) is 3.40. The van der Waals surface area contributed by atoms with Gasteiger partial charge in [0.05, 0.1) is 23.9 Å². The first kappa shape index (κ1) is 14.5. The molecule has 3 N–H and O–H groups in total. The Kier molecular flexibility index (Phi) is 4.60. The first-order valence-electron chi connectivity index (χ1n) is 7.23. The van der Waals surface area contributed by atoms with Crippen molar-refractivity contribution in [2.75, 3.05) is 0 Å². The molecular weight excluding hydrogens is 240 g/mol. The van der Waals surface area contributed by atoms with E-state index in [1.807, 2.05) is 10.9 Å². The molecule has 0 aromatic carbocycles. The van der Waals surface area contributed by atoms with Crippen molar-refractivity contribution in [1.29, 1.82) is 0 Å². The molecule has 0 spiro atoms. The fraction of sp³-hybridized carbons (Fsp3) is 0.786. The third-order valence-corrected chi connectivity index (χ3v) is 4.39. The van der Waals surface area contributed by atoms with Crippen molar-refractivity contribution in [3.05, 3.63) is 18.0 Å². The largest absolute Gasteiger partial charge is 0.375 e. The molecule has 1 fully saturated rings. The highest BCUT2D eigenvalue weighted by molar-refractivity contribution is 5.11. The quantitative estimate of drug-likeness (QED) is 0.630. The Morgan fingerprint density at radius 1 is 1.42 bits per heavy atom. The SMILES string of the molecule is CCCn1nccc1C(NN)C1C(C)OC(C)C1C. The highest BCUT2D eigenvalue weighted by Gasteiger charge is 2.42. The molecule has 0 aliphatic carbocycles. The van der Waals surface area contributed by atoms with Gasteiger partial charge in [0, 0.05) is 18.7 Å². The number of hydrazine groups is 1. The monoisotopic (exact) mass is 266 g/mol. The lowest BCUT2D eigenvalue weighted by molar-refractivity contribution is 0.0471. The van der Waals surface area contributed by atoms with Crippen molar-refractivity contribution in [3.63, 3.8) is 0 Å². The van der Waals surface area contributed by atoms with E-state index in [9.17, 15) is 0 Å². The Labute approximate surface area is 115 Å². The highest BCUT2D eigenvalue weighted by atomic mass is 16.5. The van der Waals surface area contributed by atoms with E-state index in [1.165, 1.54) is 0 Å². The molecule has 5 atom stereocenters. The summed E-state index contributed by atoms with van der Waals surface area (Å²) in [5, 5.41) is 4.40. The van der Waals surface area contributed by atoms with Crippen LogP contribution in [0, 0.1) is 11.8 Å². The van der Waals surface area contributed by atoms with Gasteiger partial charge in [0.25, 0.3) is 0 Å². The van der Waals surface area contributed by atoms with Crippen molar-refractivity contribution < 1.29 is 4.74 Å². The topological polar surface area (TPSA) is 65.1 Å². The first-order chi connectivity index (χ1) is 9.10. The number of aryl methyl sites for hydroxylation is 1. The van der Waals surface area contributed by atoms with Crippen LogP contribution in [0.1, 0.15) is 45.9 Å². The molecule has 5 nitrogen and oxygen atoms in total. The van der Waals surface area contributed by atoms with Crippen LogP contribution in [0.3, 0.4) is 0 Å². The van der Waals surface area contributed by atoms with Crippen LogP contribution in [0.15, 0.2) is 12.3 Å². The number of ether oxygens (including phenoxy) is 1. The van der Waals surface area contributed by atoms with Crippen molar-refractivity contribution in [1.82, 2.24) is 15.2 Å². The molecule has 5 heteroatoms. The lowest BCUT2D eigenvalue weighted by Gasteiger charge is -2.28. The third kappa shape index (κ3) is 2.68. The summed E-state index contributed by atoms with van der Waals surface area (Å²) in [5.41, 5.74) is 4.14. The van der Waals surface area contributed by atoms with Crippen LogP contribution in [0.25, 0.3) is 0 Å². The molecule has 2 heterocycles. The number of nitrogens with zero attached hydrogens (tertiary/aromatic N) is 2. The van der Waals surface area contributed by atoms with E-state index >= 15 is 0 Å². The molecule has 1 aliphatic rings. The maximum absolute atomic E-state index is 5.94. The van der Waals surface area contributed by atoms with Crippen LogP contribution in [0.5, 0.6) is 0 Å².